The Morgan fingerprint density at radius 3 is 2.79 bits per heavy atom. The first-order valence-corrected chi connectivity index (χ1v) is 6.85. The molecule has 100 valence electrons. The highest BCUT2D eigenvalue weighted by Crippen LogP contribution is 2.34. The summed E-state index contributed by atoms with van der Waals surface area (Å²) in [6.07, 6.45) is 2.20. The third-order valence-corrected chi connectivity index (χ3v) is 4.53. The molecule has 1 atom stereocenters. The first-order valence-electron chi connectivity index (χ1n) is 6.85. The number of nitrogens with zero attached hydrogens (tertiary/aromatic N) is 1. The van der Waals surface area contributed by atoms with E-state index in [2.05, 4.69) is 30.5 Å². The second kappa shape index (κ2) is 4.12. The lowest BCUT2D eigenvalue weighted by Gasteiger charge is -2.19. The molecule has 0 spiro atoms. The summed E-state index contributed by atoms with van der Waals surface area (Å²) in [6.45, 7) is 7.14. The maximum Gasteiger partial charge on any atom is 0.310 e. The summed E-state index contributed by atoms with van der Waals surface area (Å²) in [4.78, 5) is 11.2. The Hall–Kier alpha value is -1.77. The van der Waals surface area contributed by atoms with Crippen LogP contribution in [-0.4, -0.2) is 15.6 Å². The zero-order valence-corrected chi connectivity index (χ0v) is 11.7. The largest absolute Gasteiger partial charge is 0.481 e. The van der Waals surface area contributed by atoms with E-state index in [0.717, 1.165) is 24.9 Å². The Balaban J connectivity index is 2.32. The molecule has 1 aliphatic heterocycles. The average molecular weight is 257 g/mol. The van der Waals surface area contributed by atoms with Crippen molar-refractivity contribution in [2.45, 2.75) is 46.1 Å². The second-order valence-electron chi connectivity index (χ2n) is 5.60. The molecule has 0 saturated carbocycles. The molecule has 1 aromatic carbocycles. The summed E-state index contributed by atoms with van der Waals surface area (Å²) in [7, 11) is 0. The molecular formula is C16H19NO2. The van der Waals surface area contributed by atoms with E-state index in [0.29, 0.717) is 0 Å². The minimum atomic E-state index is -0.754. The Kier molecular flexibility index (Phi) is 2.66. The lowest BCUT2D eigenvalue weighted by atomic mass is 9.93. The fourth-order valence-corrected chi connectivity index (χ4v) is 3.18. The molecule has 0 radical (unpaired) electrons. The van der Waals surface area contributed by atoms with E-state index in [-0.39, 0.29) is 0 Å². The highest BCUT2D eigenvalue weighted by molar-refractivity contribution is 5.90. The van der Waals surface area contributed by atoms with E-state index in [1.165, 1.54) is 27.7 Å². The maximum atomic E-state index is 11.2. The number of rotatable bonds is 2. The number of carboxylic acids is 1. The third-order valence-electron chi connectivity index (χ3n) is 4.53. The van der Waals surface area contributed by atoms with Crippen molar-refractivity contribution in [2.75, 3.05) is 0 Å². The average Bonchev–Trinajstić information content (AvgIpc) is 2.65. The van der Waals surface area contributed by atoms with E-state index in [1.54, 1.807) is 6.92 Å². The highest BCUT2D eigenvalue weighted by atomic mass is 16.4. The van der Waals surface area contributed by atoms with Crippen LogP contribution in [0.5, 0.6) is 0 Å². The van der Waals surface area contributed by atoms with Crippen molar-refractivity contribution < 1.29 is 9.90 Å². The molecule has 0 fully saturated rings. The zero-order chi connectivity index (χ0) is 13.7. The van der Waals surface area contributed by atoms with Gasteiger partial charge in [-0.3, -0.25) is 4.79 Å². The molecule has 0 saturated heterocycles. The molecule has 3 nitrogen and oxygen atoms in total. The van der Waals surface area contributed by atoms with Crippen LogP contribution in [0.2, 0.25) is 0 Å². The summed E-state index contributed by atoms with van der Waals surface area (Å²) in [6, 6.07) is 4.16. The number of benzene rings is 1. The van der Waals surface area contributed by atoms with Crippen molar-refractivity contribution in [3.63, 3.8) is 0 Å². The molecule has 0 aliphatic carbocycles. The monoisotopic (exact) mass is 257 g/mol. The SMILES string of the molecule is Cc1c(C)n2c3c(cc(C(C)C(=O)O)cc13)CCC2. The minimum absolute atomic E-state index is 0.439. The van der Waals surface area contributed by atoms with Gasteiger partial charge in [-0.25, -0.2) is 0 Å². The standard InChI is InChI=1S/C16H19NO2/c1-9-11(3)17-6-4-5-12-7-13(10(2)16(18)19)8-14(9)15(12)17/h7-8,10H,4-6H2,1-3H3,(H,18,19). The van der Waals surface area contributed by atoms with Gasteiger partial charge in [0.05, 0.1) is 11.4 Å². The molecule has 0 amide bonds. The Morgan fingerprint density at radius 1 is 1.37 bits per heavy atom. The van der Waals surface area contributed by atoms with Crippen LogP contribution in [0.3, 0.4) is 0 Å². The fraction of sp³-hybridized carbons (Fsp3) is 0.438. The van der Waals surface area contributed by atoms with Crippen LogP contribution in [0, 0.1) is 13.8 Å². The number of carbonyl (C=O) groups is 1. The van der Waals surface area contributed by atoms with Gasteiger partial charge in [-0.1, -0.05) is 6.07 Å². The molecule has 0 bridgehead atoms. The molecule has 2 aromatic rings. The van der Waals surface area contributed by atoms with Crippen molar-refractivity contribution in [3.05, 3.63) is 34.5 Å². The molecule has 2 heterocycles. The number of hydrogen-bond acceptors (Lipinski definition) is 1. The van der Waals surface area contributed by atoms with Crippen LogP contribution >= 0.6 is 0 Å². The number of carboxylic acid groups (broad SMARTS) is 1. The van der Waals surface area contributed by atoms with Gasteiger partial charge in [-0.15, -0.1) is 0 Å². The Bertz CT molecular complexity index is 682. The smallest absolute Gasteiger partial charge is 0.310 e. The van der Waals surface area contributed by atoms with Crippen LogP contribution < -0.4 is 0 Å². The van der Waals surface area contributed by atoms with E-state index >= 15 is 0 Å². The number of aromatic nitrogens is 1. The molecule has 3 rings (SSSR count). The molecule has 1 unspecified atom stereocenters. The fourth-order valence-electron chi connectivity index (χ4n) is 3.18. The lowest BCUT2D eigenvalue weighted by molar-refractivity contribution is -0.138. The molecular weight excluding hydrogens is 238 g/mol. The van der Waals surface area contributed by atoms with Crippen LogP contribution in [0.15, 0.2) is 12.1 Å². The van der Waals surface area contributed by atoms with E-state index in [9.17, 15) is 9.90 Å². The summed E-state index contributed by atoms with van der Waals surface area (Å²) in [5, 5.41) is 10.4. The molecule has 1 aliphatic rings. The molecule has 1 aromatic heterocycles. The van der Waals surface area contributed by atoms with Gasteiger partial charge in [-0.05, 0) is 56.4 Å². The quantitative estimate of drug-likeness (QED) is 0.896. The van der Waals surface area contributed by atoms with Crippen LogP contribution in [0.1, 0.15) is 41.6 Å². The maximum absolute atomic E-state index is 11.2. The van der Waals surface area contributed by atoms with Crippen LogP contribution in [-0.2, 0) is 17.8 Å². The number of hydrogen-bond donors (Lipinski definition) is 1. The normalized spacial score (nSPS) is 15.7. The Morgan fingerprint density at radius 2 is 2.11 bits per heavy atom. The van der Waals surface area contributed by atoms with Crippen LogP contribution in [0.4, 0.5) is 0 Å². The molecule has 1 N–H and O–H groups in total. The first kappa shape index (κ1) is 12.3. The van der Waals surface area contributed by atoms with Crippen LogP contribution in [0.25, 0.3) is 10.9 Å². The highest BCUT2D eigenvalue weighted by Gasteiger charge is 2.22. The van der Waals surface area contributed by atoms with Crippen molar-refractivity contribution in [1.29, 1.82) is 0 Å². The van der Waals surface area contributed by atoms with Gasteiger partial charge in [0.15, 0.2) is 0 Å². The molecule has 19 heavy (non-hydrogen) atoms. The van der Waals surface area contributed by atoms with E-state index < -0.39 is 11.9 Å². The topological polar surface area (TPSA) is 42.2 Å². The molecule has 3 heteroatoms. The zero-order valence-electron chi connectivity index (χ0n) is 11.7. The summed E-state index contributed by atoms with van der Waals surface area (Å²) in [5.74, 6) is -1.19. The summed E-state index contributed by atoms with van der Waals surface area (Å²) in [5.41, 5.74) is 6.16. The van der Waals surface area contributed by atoms with Crippen molar-refractivity contribution >= 4 is 16.9 Å². The van der Waals surface area contributed by atoms with Gasteiger partial charge < -0.3 is 9.67 Å². The van der Waals surface area contributed by atoms with Gasteiger partial charge in [0.25, 0.3) is 0 Å². The van der Waals surface area contributed by atoms with Crippen molar-refractivity contribution in [1.82, 2.24) is 4.57 Å². The predicted molar refractivity (Wildman–Crippen MR) is 75.8 cm³/mol. The summed E-state index contributed by atoms with van der Waals surface area (Å²) < 4.78 is 2.39. The van der Waals surface area contributed by atoms with E-state index in [4.69, 9.17) is 0 Å². The third kappa shape index (κ3) is 1.68. The number of aryl methyl sites for hydroxylation is 3. The van der Waals surface area contributed by atoms with Gasteiger partial charge in [-0.2, -0.15) is 0 Å². The minimum Gasteiger partial charge on any atom is -0.481 e. The van der Waals surface area contributed by atoms with Gasteiger partial charge in [0.2, 0.25) is 0 Å². The lowest BCUT2D eigenvalue weighted by Crippen LogP contribution is -2.11. The van der Waals surface area contributed by atoms with Crippen molar-refractivity contribution in [2.24, 2.45) is 0 Å². The van der Waals surface area contributed by atoms with Crippen molar-refractivity contribution in [3.8, 4) is 0 Å². The number of aliphatic carboxylic acids is 1. The second-order valence-corrected chi connectivity index (χ2v) is 5.60. The predicted octanol–water partition coefficient (Wildman–Crippen LogP) is 3.39. The first-order chi connectivity index (χ1) is 9.00. The Labute approximate surface area is 112 Å². The summed E-state index contributed by atoms with van der Waals surface area (Å²) >= 11 is 0. The van der Waals surface area contributed by atoms with Gasteiger partial charge in [0, 0.05) is 17.6 Å². The van der Waals surface area contributed by atoms with E-state index in [1.807, 2.05) is 0 Å². The van der Waals surface area contributed by atoms with Gasteiger partial charge in [0.1, 0.15) is 0 Å². The van der Waals surface area contributed by atoms with Gasteiger partial charge >= 0.3 is 5.97 Å².